The van der Waals surface area contributed by atoms with Crippen molar-refractivity contribution in [3.8, 4) is 0 Å². The minimum atomic E-state index is -0.370. The molecule has 1 heterocycles. The van der Waals surface area contributed by atoms with E-state index in [0.717, 1.165) is 24.9 Å². The Morgan fingerprint density at radius 2 is 1.62 bits per heavy atom. The summed E-state index contributed by atoms with van der Waals surface area (Å²) < 4.78 is 5.41. The monoisotopic (exact) mass is 225 g/mol. The van der Waals surface area contributed by atoms with Gasteiger partial charge in [0.25, 0.3) is 0 Å². The second kappa shape index (κ2) is 4.27. The van der Waals surface area contributed by atoms with Crippen molar-refractivity contribution in [2.45, 2.75) is 52.1 Å². The Kier molecular flexibility index (Phi) is 3.13. The fourth-order valence-electron chi connectivity index (χ4n) is 2.88. The molecule has 2 aliphatic rings. The highest BCUT2D eigenvalue weighted by atomic mass is 16.6. The Morgan fingerprint density at radius 1 is 1.12 bits per heavy atom. The highest BCUT2D eigenvalue weighted by Crippen LogP contribution is 2.36. The molecule has 1 aliphatic carbocycles. The second-order valence-electron chi connectivity index (χ2n) is 6.19. The van der Waals surface area contributed by atoms with E-state index in [4.69, 9.17) is 4.74 Å². The normalized spacial score (nSPS) is 30.1. The van der Waals surface area contributed by atoms with Crippen molar-refractivity contribution < 1.29 is 9.53 Å². The van der Waals surface area contributed by atoms with Gasteiger partial charge in [0.2, 0.25) is 0 Å². The average molecular weight is 225 g/mol. The molecular formula is C13H23NO2. The van der Waals surface area contributed by atoms with Crippen LogP contribution in [0.2, 0.25) is 0 Å². The number of carbonyl (C=O) groups is 1. The van der Waals surface area contributed by atoms with E-state index in [1.165, 1.54) is 25.7 Å². The Bertz CT molecular complexity index is 256. The standard InChI is InChI=1S/C13H23NO2/c1-13(2,3)16-12(15)14-8-10-6-4-5-7-11(10)9-14/h10-11H,4-9H2,1-3H3/t10-,11+. The molecule has 2 atom stereocenters. The first kappa shape index (κ1) is 11.7. The minimum Gasteiger partial charge on any atom is -0.444 e. The van der Waals surface area contributed by atoms with E-state index in [2.05, 4.69) is 0 Å². The van der Waals surface area contributed by atoms with Crippen LogP contribution in [-0.2, 0) is 4.74 Å². The van der Waals surface area contributed by atoms with E-state index >= 15 is 0 Å². The third-order valence-electron chi connectivity index (χ3n) is 3.63. The lowest BCUT2D eigenvalue weighted by molar-refractivity contribution is 0.0284. The highest BCUT2D eigenvalue weighted by Gasteiger charge is 2.37. The zero-order valence-electron chi connectivity index (χ0n) is 10.7. The molecule has 0 bridgehead atoms. The Labute approximate surface area is 98.1 Å². The van der Waals surface area contributed by atoms with Crippen LogP contribution in [0.25, 0.3) is 0 Å². The maximum atomic E-state index is 11.9. The van der Waals surface area contributed by atoms with Crippen LogP contribution in [0.5, 0.6) is 0 Å². The molecule has 0 aromatic carbocycles. The van der Waals surface area contributed by atoms with E-state index in [-0.39, 0.29) is 11.7 Å². The summed E-state index contributed by atoms with van der Waals surface area (Å²) in [5.74, 6) is 1.47. The molecule has 0 unspecified atom stereocenters. The van der Waals surface area contributed by atoms with E-state index in [0.29, 0.717) is 0 Å². The molecule has 3 heteroatoms. The lowest BCUT2D eigenvalue weighted by Crippen LogP contribution is -2.35. The average Bonchev–Trinajstić information content (AvgIpc) is 2.58. The summed E-state index contributed by atoms with van der Waals surface area (Å²) in [6.45, 7) is 7.61. The lowest BCUT2D eigenvalue weighted by atomic mass is 9.82. The zero-order valence-corrected chi connectivity index (χ0v) is 10.7. The first-order chi connectivity index (χ1) is 7.46. The maximum Gasteiger partial charge on any atom is 0.410 e. The zero-order chi connectivity index (χ0) is 11.8. The number of nitrogens with zero attached hydrogens (tertiary/aromatic N) is 1. The molecule has 16 heavy (non-hydrogen) atoms. The van der Waals surface area contributed by atoms with Crippen molar-refractivity contribution >= 4 is 6.09 Å². The van der Waals surface area contributed by atoms with Crippen LogP contribution in [0, 0.1) is 11.8 Å². The molecule has 1 aliphatic heterocycles. The fourth-order valence-corrected chi connectivity index (χ4v) is 2.88. The number of hydrogen-bond donors (Lipinski definition) is 0. The van der Waals surface area contributed by atoms with Gasteiger partial charge in [-0.25, -0.2) is 4.79 Å². The van der Waals surface area contributed by atoms with Gasteiger partial charge in [-0.2, -0.15) is 0 Å². The minimum absolute atomic E-state index is 0.123. The van der Waals surface area contributed by atoms with Crippen molar-refractivity contribution in [2.75, 3.05) is 13.1 Å². The molecule has 0 aromatic rings. The largest absolute Gasteiger partial charge is 0.444 e. The SMILES string of the molecule is CC(C)(C)OC(=O)N1C[C@H]2CCCC[C@H]2C1. The van der Waals surface area contributed by atoms with Gasteiger partial charge in [0, 0.05) is 13.1 Å². The van der Waals surface area contributed by atoms with Crippen LogP contribution in [0.15, 0.2) is 0 Å². The predicted octanol–water partition coefficient (Wildman–Crippen LogP) is 3.04. The predicted molar refractivity (Wildman–Crippen MR) is 63.3 cm³/mol. The summed E-state index contributed by atoms with van der Waals surface area (Å²) in [6.07, 6.45) is 5.14. The van der Waals surface area contributed by atoms with E-state index < -0.39 is 0 Å². The van der Waals surface area contributed by atoms with Gasteiger partial charge in [-0.3, -0.25) is 0 Å². The molecule has 0 aromatic heterocycles. The highest BCUT2D eigenvalue weighted by molar-refractivity contribution is 5.68. The van der Waals surface area contributed by atoms with Crippen LogP contribution in [-0.4, -0.2) is 29.7 Å². The molecule has 0 spiro atoms. The Hall–Kier alpha value is -0.730. The van der Waals surface area contributed by atoms with Crippen LogP contribution >= 0.6 is 0 Å². The van der Waals surface area contributed by atoms with Gasteiger partial charge in [0.15, 0.2) is 0 Å². The number of likely N-dealkylation sites (tertiary alicyclic amines) is 1. The molecule has 2 fully saturated rings. The summed E-state index contributed by atoms with van der Waals surface area (Å²) >= 11 is 0. The van der Waals surface area contributed by atoms with Crippen LogP contribution in [0.1, 0.15) is 46.5 Å². The summed E-state index contributed by atoms with van der Waals surface area (Å²) in [5, 5.41) is 0. The van der Waals surface area contributed by atoms with Crippen molar-refractivity contribution in [3.05, 3.63) is 0 Å². The maximum absolute atomic E-state index is 11.9. The van der Waals surface area contributed by atoms with Gasteiger partial charge in [-0.15, -0.1) is 0 Å². The quantitative estimate of drug-likeness (QED) is 0.634. The molecule has 2 rings (SSSR count). The molecule has 0 radical (unpaired) electrons. The van der Waals surface area contributed by atoms with Crippen LogP contribution in [0.3, 0.4) is 0 Å². The number of ether oxygens (including phenoxy) is 1. The van der Waals surface area contributed by atoms with E-state index in [9.17, 15) is 4.79 Å². The van der Waals surface area contributed by atoms with E-state index in [1.54, 1.807) is 0 Å². The smallest absolute Gasteiger partial charge is 0.410 e. The summed E-state index contributed by atoms with van der Waals surface area (Å²) in [4.78, 5) is 13.8. The second-order valence-corrected chi connectivity index (χ2v) is 6.19. The lowest BCUT2D eigenvalue weighted by Gasteiger charge is -2.24. The topological polar surface area (TPSA) is 29.5 Å². The first-order valence-electron chi connectivity index (χ1n) is 6.43. The summed E-state index contributed by atoms with van der Waals surface area (Å²) in [5.41, 5.74) is -0.370. The molecular weight excluding hydrogens is 202 g/mol. The summed E-state index contributed by atoms with van der Waals surface area (Å²) in [6, 6.07) is 0. The van der Waals surface area contributed by atoms with E-state index in [1.807, 2.05) is 25.7 Å². The number of amides is 1. The van der Waals surface area contributed by atoms with Gasteiger partial charge in [-0.1, -0.05) is 12.8 Å². The van der Waals surface area contributed by atoms with Gasteiger partial charge in [0.1, 0.15) is 5.60 Å². The van der Waals surface area contributed by atoms with Gasteiger partial charge < -0.3 is 9.64 Å². The number of rotatable bonds is 0. The Morgan fingerprint density at radius 3 is 2.06 bits per heavy atom. The Balaban J connectivity index is 1.90. The number of hydrogen-bond acceptors (Lipinski definition) is 2. The molecule has 1 saturated carbocycles. The molecule has 1 amide bonds. The first-order valence-corrected chi connectivity index (χ1v) is 6.43. The fraction of sp³-hybridized carbons (Fsp3) is 0.923. The van der Waals surface area contributed by atoms with Gasteiger partial charge >= 0.3 is 6.09 Å². The van der Waals surface area contributed by atoms with Crippen molar-refractivity contribution in [1.82, 2.24) is 4.90 Å². The van der Waals surface area contributed by atoms with Crippen LogP contribution in [0.4, 0.5) is 4.79 Å². The van der Waals surface area contributed by atoms with Crippen molar-refractivity contribution in [3.63, 3.8) is 0 Å². The molecule has 0 N–H and O–H groups in total. The number of carbonyl (C=O) groups excluding carboxylic acids is 1. The molecule has 3 nitrogen and oxygen atoms in total. The molecule has 92 valence electrons. The van der Waals surface area contributed by atoms with Crippen LogP contribution < -0.4 is 0 Å². The third-order valence-corrected chi connectivity index (χ3v) is 3.63. The molecule has 1 saturated heterocycles. The summed E-state index contributed by atoms with van der Waals surface area (Å²) in [7, 11) is 0. The number of fused-ring (bicyclic) bond motifs is 1. The van der Waals surface area contributed by atoms with Crippen molar-refractivity contribution in [2.24, 2.45) is 11.8 Å². The third kappa shape index (κ3) is 2.69. The van der Waals surface area contributed by atoms with Gasteiger partial charge in [-0.05, 0) is 45.4 Å². The van der Waals surface area contributed by atoms with Crippen molar-refractivity contribution in [1.29, 1.82) is 0 Å². The van der Waals surface area contributed by atoms with Gasteiger partial charge in [0.05, 0.1) is 0 Å².